The molecule has 0 bridgehead atoms. The second-order valence-corrected chi connectivity index (χ2v) is 5.75. The van der Waals surface area contributed by atoms with Crippen molar-refractivity contribution >= 4 is 5.91 Å². The van der Waals surface area contributed by atoms with E-state index in [2.05, 4.69) is 10.3 Å². The maximum absolute atomic E-state index is 12.3. The van der Waals surface area contributed by atoms with Gasteiger partial charge < -0.3 is 19.8 Å². The molecular formula is C16H24N2O4. The Balaban J connectivity index is 2.09. The highest BCUT2D eigenvalue weighted by atomic mass is 16.5. The van der Waals surface area contributed by atoms with Crippen molar-refractivity contribution < 1.29 is 14.3 Å². The number of aromatic nitrogens is 1. The molecule has 6 nitrogen and oxygen atoms in total. The first-order chi connectivity index (χ1) is 10.5. The van der Waals surface area contributed by atoms with Crippen molar-refractivity contribution in [2.45, 2.75) is 45.3 Å². The molecule has 0 radical (unpaired) electrons. The number of carbonyl (C=O) groups is 1. The van der Waals surface area contributed by atoms with Gasteiger partial charge in [-0.3, -0.25) is 9.59 Å². The number of ether oxygens (including phenoxy) is 2. The smallest absolute Gasteiger partial charge is 0.261 e. The van der Waals surface area contributed by atoms with Crippen LogP contribution in [0, 0.1) is 0 Å². The number of pyridine rings is 1. The van der Waals surface area contributed by atoms with E-state index < -0.39 is 0 Å². The molecule has 0 unspecified atom stereocenters. The minimum absolute atomic E-state index is 0.131. The van der Waals surface area contributed by atoms with Gasteiger partial charge in [-0.1, -0.05) is 13.8 Å². The third-order valence-corrected chi connectivity index (χ3v) is 3.80. The van der Waals surface area contributed by atoms with Gasteiger partial charge in [0.25, 0.3) is 11.5 Å². The monoisotopic (exact) mass is 308 g/mol. The summed E-state index contributed by atoms with van der Waals surface area (Å²) in [5.74, 6) is -0.157. The Labute approximate surface area is 130 Å². The van der Waals surface area contributed by atoms with Gasteiger partial charge in [0, 0.05) is 18.9 Å². The maximum atomic E-state index is 12.3. The first kappa shape index (κ1) is 16.7. The van der Waals surface area contributed by atoms with Crippen LogP contribution >= 0.6 is 0 Å². The summed E-state index contributed by atoms with van der Waals surface area (Å²) in [6, 6.07) is 3.23. The van der Waals surface area contributed by atoms with Crippen LogP contribution in [0.5, 0.6) is 0 Å². The normalized spacial score (nSPS) is 21.8. The van der Waals surface area contributed by atoms with Crippen LogP contribution in [0.25, 0.3) is 0 Å². The summed E-state index contributed by atoms with van der Waals surface area (Å²) in [6.45, 7) is 7.48. The summed E-state index contributed by atoms with van der Waals surface area (Å²) < 4.78 is 11.0. The molecule has 1 aliphatic heterocycles. The van der Waals surface area contributed by atoms with Gasteiger partial charge in [-0.05, 0) is 31.4 Å². The van der Waals surface area contributed by atoms with E-state index in [9.17, 15) is 9.59 Å². The van der Waals surface area contributed by atoms with Crippen molar-refractivity contribution in [1.82, 2.24) is 10.3 Å². The van der Waals surface area contributed by atoms with Gasteiger partial charge in [-0.25, -0.2) is 0 Å². The highest BCUT2D eigenvalue weighted by molar-refractivity contribution is 5.94. The topological polar surface area (TPSA) is 80.4 Å². The molecule has 0 aromatic carbocycles. The SMILES string of the molecule is CCO[C@@H]1COCC[C@H]1NC(=O)c1ccc(C(C)C)[nH]c1=O. The predicted octanol–water partition coefficient (Wildman–Crippen LogP) is 1.42. The largest absolute Gasteiger partial charge is 0.379 e. The molecule has 22 heavy (non-hydrogen) atoms. The molecule has 6 heteroatoms. The van der Waals surface area contributed by atoms with Crippen LogP contribution < -0.4 is 10.9 Å². The van der Waals surface area contributed by atoms with E-state index in [1.807, 2.05) is 20.8 Å². The fourth-order valence-electron chi connectivity index (χ4n) is 2.51. The lowest BCUT2D eigenvalue weighted by Crippen LogP contribution is -2.50. The van der Waals surface area contributed by atoms with Crippen LogP contribution in [0.3, 0.4) is 0 Å². The molecule has 1 aromatic rings. The fraction of sp³-hybridized carbons (Fsp3) is 0.625. The van der Waals surface area contributed by atoms with Crippen molar-refractivity contribution in [1.29, 1.82) is 0 Å². The molecule has 2 atom stereocenters. The average Bonchev–Trinajstić information content (AvgIpc) is 2.49. The van der Waals surface area contributed by atoms with Gasteiger partial charge in [-0.2, -0.15) is 0 Å². The summed E-state index contributed by atoms with van der Waals surface area (Å²) >= 11 is 0. The van der Waals surface area contributed by atoms with Crippen LogP contribution in [0.1, 0.15) is 49.2 Å². The van der Waals surface area contributed by atoms with E-state index in [1.165, 1.54) is 0 Å². The Bertz CT molecular complexity index is 566. The van der Waals surface area contributed by atoms with E-state index in [0.717, 1.165) is 5.69 Å². The third kappa shape index (κ3) is 3.96. The lowest BCUT2D eigenvalue weighted by Gasteiger charge is -2.31. The van der Waals surface area contributed by atoms with Crippen LogP contribution in [0.2, 0.25) is 0 Å². The molecule has 1 saturated heterocycles. The Hall–Kier alpha value is -1.66. The Morgan fingerprint density at radius 1 is 1.50 bits per heavy atom. The zero-order valence-electron chi connectivity index (χ0n) is 13.3. The number of hydrogen-bond acceptors (Lipinski definition) is 4. The van der Waals surface area contributed by atoms with Gasteiger partial charge in [0.15, 0.2) is 0 Å². The quantitative estimate of drug-likeness (QED) is 0.862. The van der Waals surface area contributed by atoms with Gasteiger partial charge in [0.2, 0.25) is 0 Å². The number of aromatic amines is 1. The van der Waals surface area contributed by atoms with Crippen molar-refractivity contribution in [3.05, 3.63) is 33.7 Å². The number of hydrogen-bond donors (Lipinski definition) is 2. The number of rotatable bonds is 5. The van der Waals surface area contributed by atoms with E-state index in [1.54, 1.807) is 12.1 Å². The molecule has 0 saturated carbocycles. The maximum Gasteiger partial charge on any atom is 0.261 e. The van der Waals surface area contributed by atoms with Gasteiger partial charge in [0.05, 0.1) is 12.6 Å². The molecule has 2 N–H and O–H groups in total. The zero-order chi connectivity index (χ0) is 16.1. The summed E-state index contributed by atoms with van der Waals surface area (Å²) in [6.07, 6.45) is 0.509. The molecule has 2 heterocycles. The highest BCUT2D eigenvalue weighted by Crippen LogP contribution is 2.13. The standard InChI is InChI=1S/C16H24N2O4/c1-4-22-14-9-21-8-7-13(14)18-16(20)11-5-6-12(10(2)3)17-15(11)19/h5-6,10,13-14H,4,7-9H2,1-3H3,(H,17,19)(H,18,20)/t13-,14-/m1/s1. The Morgan fingerprint density at radius 3 is 2.91 bits per heavy atom. The number of amides is 1. The van der Waals surface area contributed by atoms with E-state index >= 15 is 0 Å². The first-order valence-corrected chi connectivity index (χ1v) is 7.76. The van der Waals surface area contributed by atoms with E-state index in [0.29, 0.717) is 26.2 Å². The third-order valence-electron chi connectivity index (χ3n) is 3.80. The van der Waals surface area contributed by atoms with Crippen LogP contribution in [0.15, 0.2) is 16.9 Å². The van der Waals surface area contributed by atoms with Gasteiger partial charge >= 0.3 is 0 Å². The first-order valence-electron chi connectivity index (χ1n) is 7.76. The van der Waals surface area contributed by atoms with Crippen LogP contribution in [-0.2, 0) is 9.47 Å². The second kappa shape index (κ2) is 7.56. The molecule has 1 aromatic heterocycles. The number of nitrogens with one attached hydrogen (secondary N) is 2. The molecule has 2 rings (SSSR count). The summed E-state index contributed by atoms with van der Waals surface area (Å²) in [4.78, 5) is 27.2. The van der Waals surface area contributed by atoms with E-state index in [-0.39, 0.29) is 35.1 Å². The summed E-state index contributed by atoms with van der Waals surface area (Å²) in [5, 5.41) is 2.90. The molecule has 122 valence electrons. The molecule has 1 amide bonds. The van der Waals surface area contributed by atoms with Crippen molar-refractivity contribution in [2.24, 2.45) is 0 Å². The Morgan fingerprint density at radius 2 is 2.27 bits per heavy atom. The minimum Gasteiger partial charge on any atom is -0.379 e. The number of H-pyrrole nitrogens is 1. The van der Waals surface area contributed by atoms with Gasteiger partial charge in [-0.15, -0.1) is 0 Å². The average molecular weight is 308 g/mol. The highest BCUT2D eigenvalue weighted by Gasteiger charge is 2.28. The lowest BCUT2D eigenvalue weighted by molar-refractivity contribution is -0.0632. The molecule has 0 spiro atoms. The fourth-order valence-corrected chi connectivity index (χ4v) is 2.51. The predicted molar refractivity (Wildman–Crippen MR) is 83.3 cm³/mol. The van der Waals surface area contributed by atoms with Crippen molar-refractivity contribution in [3.63, 3.8) is 0 Å². The minimum atomic E-state index is -0.367. The van der Waals surface area contributed by atoms with Crippen LogP contribution in [-0.4, -0.2) is 42.9 Å². The number of carbonyl (C=O) groups excluding carboxylic acids is 1. The van der Waals surface area contributed by atoms with Gasteiger partial charge in [0.1, 0.15) is 11.7 Å². The Kier molecular flexibility index (Phi) is 5.74. The zero-order valence-corrected chi connectivity index (χ0v) is 13.3. The second-order valence-electron chi connectivity index (χ2n) is 5.75. The van der Waals surface area contributed by atoms with Crippen molar-refractivity contribution in [2.75, 3.05) is 19.8 Å². The summed E-state index contributed by atoms with van der Waals surface area (Å²) in [7, 11) is 0. The lowest BCUT2D eigenvalue weighted by atomic mass is 10.0. The molecule has 0 aliphatic carbocycles. The van der Waals surface area contributed by atoms with E-state index in [4.69, 9.17) is 9.47 Å². The molecule has 1 aliphatic rings. The van der Waals surface area contributed by atoms with Crippen LogP contribution in [0.4, 0.5) is 0 Å². The van der Waals surface area contributed by atoms with Crippen molar-refractivity contribution in [3.8, 4) is 0 Å². The summed E-state index contributed by atoms with van der Waals surface area (Å²) in [5.41, 5.74) is 0.592. The molecule has 1 fully saturated rings. The molecular weight excluding hydrogens is 284 g/mol.